The van der Waals surface area contributed by atoms with Crippen LogP contribution in [0.25, 0.3) is 0 Å². The summed E-state index contributed by atoms with van der Waals surface area (Å²) in [5, 5.41) is 5.98. The van der Waals surface area contributed by atoms with Crippen LogP contribution in [0.5, 0.6) is 0 Å². The van der Waals surface area contributed by atoms with E-state index in [-0.39, 0.29) is 24.2 Å². The summed E-state index contributed by atoms with van der Waals surface area (Å²) in [6, 6.07) is 6.07. The Morgan fingerprint density at radius 3 is 2.48 bits per heavy atom. The van der Waals surface area contributed by atoms with Crippen molar-refractivity contribution in [3.05, 3.63) is 29.3 Å². The Balaban J connectivity index is 0.00000264. The highest BCUT2D eigenvalue weighted by Gasteiger charge is 2.37. The lowest BCUT2D eigenvalue weighted by Gasteiger charge is -2.18. The molecule has 128 valence electrons. The molecular weight excluding hydrogens is 314 g/mol. The molecule has 0 aliphatic carbocycles. The van der Waals surface area contributed by atoms with Crippen LogP contribution in [-0.2, 0) is 9.59 Å². The van der Waals surface area contributed by atoms with E-state index in [1.807, 2.05) is 32.9 Å². The lowest BCUT2D eigenvalue weighted by molar-refractivity contribution is -0.132. The van der Waals surface area contributed by atoms with E-state index in [4.69, 9.17) is 0 Å². The second-order valence-electron chi connectivity index (χ2n) is 5.82. The molecule has 6 heteroatoms. The van der Waals surface area contributed by atoms with Crippen LogP contribution < -0.4 is 15.5 Å². The third-order valence-corrected chi connectivity index (χ3v) is 3.89. The van der Waals surface area contributed by atoms with Gasteiger partial charge in [0.05, 0.1) is 0 Å². The molecule has 1 atom stereocenters. The minimum atomic E-state index is -0.553. The normalized spacial score (nSPS) is 17.1. The van der Waals surface area contributed by atoms with E-state index in [0.29, 0.717) is 19.5 Å². The van der Waals surface area contributed by atoms with Gasteiger partial charge in [-0.1, -0.05) is 13.0 Å². The number of nitrogens with zero attached hydrogens (tertiary/aromatic N) is 1. The van der Waals surface area contributed by atoms with Gasteiger partial charge in [0.2, 0.25) is 11.8 Å². The number of anilines is 1. The molecule has 1 heterocycles. The molecular formula is C17H26ClN3O2. The van der Waals surface area contributed by atoms with Crippen LogP contribution in [0, 0.1) is 19.8 Å². The number of hydrogen-bond acceptors (Lipinski definition) is 3. The predicted molar refractivity (Wildman–Crippen MR) is 95.2 cm³/mol. The molecule has 2 N–H and O–H groups in total. The molecule has 0 spiro atoms. The average Bonchev–Trinajstić information content (AvgIpc) is 2.84. The minimum Gasteiger partial charge on any atom is -0.354 e. The maximum Gasteiger partial charge on any atom is 0.239 e. The smallest absolute Gasteiger partial charge is 0.239 e. The molecule has 0 radical (unpaired) electrons. The average molecular weight is 340 g/mol. The third kappa shape index (κ3) is 4.94. The van der Waals surface area contributed by atoms with Crippen LogP contribution in [0.15, 0.2) is 18.2 Å². The topological polar surface area (TPSA) is 61.4 Å². The second-order valence-corrected chi connectivity index (χ2v) is 5.82. The molecule has 1 aliphatic heterocycles. The van der Waals surface area contributed by atoms with Gasteiger partial charge in [-0.3, -0.25) is 9.59 Å². The first-order valence-electron chi connectivity index (χ1n) is 7.91. The van der Waals surface area contributed by atoms with Gasteiger partial charge in [-0.05, 0) is 50.1 Å². The van der Waals surface area contributed by atoms with Crippen molar-refractivity contribution in [3.63, 3.8) is 0 Å². The molecule has 2 rings (SSSR count). The Hall–Kier alpha value is -1.59. The maximum absolute atomic E-state index is 12.5. The van der Waals surface area contributed by atoms with Crippen molar-refractivity contribution in [3.8, 4) is 0 Å². The summed E-state index contributed by atoms with van der Waals surface area (Å²) in [6.45, 7) is 8.81. The summed E-state index contributed by atoms with van der Waals surface area (Å²) in [4.78, 5) is 26.4. The minimum absolute atomic E-state index is 0. The van der Waals surface area contributed by atoms with Crippen molar-refractivity contribution in [2.24, 2.45) is 5.92 Å². The summed E-state index contributed by atoms with van der Waals surface area (Å²) >= 11 is 0. The molecule has 1 aromatic carbocycles. The van der Waals surface area contributed by atoms with E-state index in [0.717, 1.165) is 29.9 Å². The van der Waals surface area contributed by atoms with Gasteiger partial charge < -0.3 is 15.5 Å². The van der Waals surface area contributed by atoms with Crippen molar-refractivity contribution in [1.29, 1.82) is 0 Å². The largest absolute Gasteiger partial charge is 0.354 e. The number of carbonyl (C=O) groups is 2. The van der Waals surface area contributed by atoms with Gasteiger partial charge >= 0.3 is 0 Å². The van der Waals surface area contributed by atoms with Gasteiger partial charge in [-0.15, -0.1) is 12.4 Å². The van der Waals surface area contributed by atoms with Gasteiger partial charge in [-0.2, -0.15) is 0 Å². The SMILES string of the molecule is CCNCCNC(=O)C1CCN(c2cc(C)cc(C)c2)C1=O.Cl. The van der Waals surface area contributed by atoms with Crippen LogP contribution in [0.1, 0.15) is 24.5 Å². The number of amides is 2. The van der Waals surface area contributed by atoms with Gasteiger partial charge in [0.1, 0.15) is 5.92 Å². The Labute approximate surface area is 144 Å². The number of benzene rings is 1. The number of hydrogen-bond donors (Lipinski definition) is 2. The standard InChI is InChI=1S/C17H25N3O2.ClH/c1-4-18-6-7-19-16(21)15-5-8-20(17(15)22)14-10-12(2)9-13(3)11-14;/h9-11,15,18H,4-8H2,1-3H3,(H,19,21);1H. The van der Waals surface area contributed by atoms with Gasteiger partial charge in [-0.25, -0.2) is 0 Å². The summed E-state index contributed by atoms with van der Waals surface area (Å²) in [6.07, 6.45) is 0.582. The van der Waals surface area contributed by atoms with Crippen LogP contribution in [0.2, 0.25) is 0 Å². The number of nitrogens with one attached hydrogen (secondary N) is 2. The van der Waals surface area contributed by atoms with E-state index in [1.54, 1.807) is 4.90 Å². The molecule has 0 bridgehead atoms. The first kappa shape index (κ1) is 19.5. The highest BCUT2D eigenvalue weighted by Crippen LogP contribution is 2.27. The molecule has 23 heavy (non-hydrogen) atoms. The first-order chi connectivity index (χ1) is 10.5. The number of rotatable bonds is 6. The van der Waals surface area contributed by atoms with E-state index >= 15 is 0 Å². The molecule has 2 amide bonds. The van der Waals surface area contributed by atoms with Crippen LogP contribution in [0.4, 0.5) is 5.69 Å². The molecule has 5 nitrogen and oxygen atoms in total. The van der Waals surface area contributed by atoms with Gasteiger partial charge in [0.15, 0.2) is 0 Å². The van der Waals surface area contributed by atoms with E-state index in [9.17, 15) is 9.59 Å². The van der Waals surface area contributed by atoms with Crippen molar-refractivity contribution in [2.75, 3.05) is 31.1 Å². The van der Waals surface area contributed by atoms with Crippen molar-refractivity contribution in [1.82, 2.24) is 10.6 Å². The zero-order valence-electron chi connectivity index (χ0n) is 14.0. The number of likely N-dealkylation sites (N-methyl/N-ethyl adjacent to an activating group) is 1. The summed E-state index contributed by atoms with van der Waals surface area (Å²) in [7, 11) is 0. The molecule has 1 aliphatic rings. The number of carbonyl (C=O) groups excluding carboxylic acids is 2. The van der Waals surface area contributed by atoms with Crippen LogP contribution in [-0.4, -0.2) is 38.0 Å². The predicted octanol–water partition coefficient (Wildman–Crippen LogP) is 1.80. The molecule has 1 unspecified atom stereocenters. The van der Waals surface area contributed by atoms with E-state index in [2.05, 4.69) is 16.7 Å². The van der Waals surface area contributed by atoms with Gasteiger partial charge in [0, 0.05) is 25.3 Å². The third-order valence-electron chi connectivity index (χ3n) is 3.89. The fraction of sp³-hybridized carbons (Fsp3) is 0.529. The zero-order chi connectivity index (χ0) is 16.1. The fourth-order valence-corrected chi connectivity index (χ4v) is 2.86. The number of aryl methyl sites for hydroxylation is 2. The van der Waals surface area contributed by atoms with Crippen molar-refractivity contribution in [2.45, 2.75) is 27.2 Å². The monoisotopic (exact) mass is 339 g/mol. The summed E-state index contributed by atoms with van der Waals surface area (Å²) in [5.74, 6) is -0.803. The molecule has 0 aromatic heterocycles. The highest BCUT2D eigenvalue weighted by atomic mass is 35.5. The summed E-state index contributed by atoms with van der Waals surface area (Å²) < 4.78 is 0. The maximum atomic E-state index is 12.5. The van der Waals surface area contributed by atoms with Crippen molar-refractivity contribution < 1.29 is 9.59 Å². The molecule has 1 saturated heterocycles. The lowest BCUT2D eigenvalue weighted by Crippen LogP contribution is -2.39. The Morgan fingerprint density at radius 2 is 1.87 bits per heavy atom. The lowest BCUT2D eigenvalue weighted by atomic mass is 10.1. The highest BCUT2D eigenvalue weighted by molar-refractivity contribution is 6.09. The quantitative estimate of drug-likeness (QED) is 0.613. The second kappa shape index (κ2) is 8.89. The van der Waals surface area contributed by atoms with Gasteiger partial charge in [0.25, 0.3) is 0 Å². The van der Waals surface area contributed by atoms with E-state index < -0.39 is 5.92 Å². The Kier molecular flexibility index (Phi) is 7.52. The van der Waals surface area contributed by atoms with Crippen LogP contribution in [0.3, 0.4) is 0 Å². The summed E-state index contributed by atoms with van der Waals surface area (Å²) in [5.41, 5.74) is 3.15. The first-order valence-corrected chi connectivity index (χ1v) is 7.91. The van der Waals surface area contributed by atoms with Crippen molar-refractivity contribution >= 4 is 29.9 Å². The Morgan fingerprint density at radius 1 is 1.22 bits per heavy atom. The Bertz CT molecular complexity index is 543. The molecule has 1 aromatic rings. The fourth-order valence-electron chi connectivity index (χ4n) is 2.86. The number of halogens is 1. The van der Waals surface area contributed by atoms with Crippen LogP contribution >= 0.6 is 12.4 Å². The van der Waals surface area contributed by atoms with E-state index in [1.165, 1.54) is 0 Å². The molecule has 0 saturated carbocycles. The molecule has 1 fully saturated rings. The zero-order valence-corrected chi connectivity index (χ0v) is 14.8.